The largest absolute Gasteiger partial charge is 0.388 e. The second-order valence-corrected chi connectivity index (χ2v) is 4.96. The van der Waals surface area contributed by atoms with Gasteiger partial charge in [-0.1, -0.05) is 18.5 Å². The van der Waals surface area contributed by atoms with Crippen LogP contribution < -0.4 is 5.73 Å². The Kier molecular flexibility index (Phi) is 5.22. The predicted molar refractivity (Wildman–Crippen MR) is 66.2 cm³/mol. The van der Waals surface area contributed by atoms with E-state index in [1.165, 1.54) is 6.20 Å². The number of halogens is 1. The third-order valence-electron chi connectivity index (χ3n) is 2.01. The number of nitrogens with two attached hydrogens (primary N) is 1. The molecule has 0 aromatic carbocycles. The Hall–Kier alpha value is -0.450. The lowest BCUT2D eigenvalue weighted by Gasteiger charge is -2.12. The third kappa shape index (κ3) is 3.89. The van der Waals surface area contributed by atoms with Crippen molar-refractivity contribution < 1.29 is 5.11 Å². The fraction of sp³-hybridized carbons (Fsp3) is 0.500. The Morgan fingerprint density at radius 1 is 1.67 bits per heavy atom. The monoisotopic (exact) mass is 246 g/mol. The SMILES string of the molecule is CCSCCC(O)c1cc(Cl)cnc1N. The van der Waals surface area contributed by atoms with Crippen molar-refractivity contribution in [2.45, 2.75) is 19.4 Å². The summed E-state index contributed by atoms with van der Waals surface area (Å²) in [6, 6.07) is 1.67. The summed E-state index contributed by atoms with van der Waals surface area (Å²) in [5.74, 6) is 2.31. The topological polar surface area (TPSA) is 59.1 Å². The number of pyridine rings is 1. The molecule has 0 aliphatic rings. The van der Waals surface area contributed by atoms with Crippen LogP contribution in [0, 0.1) is 0 Å². The molecule has 3 N–H and O–H groups in total. The van der Waals surface area contributed by atoms with Gasteiger partial charge in [0.2, 0.25) is 0 Å². The van der Waals surface area contributed by atoms with Crippen LogP contribution in [-0.4, -0.2) is 21.6 Å². The highest BCUT2D eigenvalue weighted by Crippen LogP contribution is 2.25. The molecule has 1 rings (SSSR count). The summed E-state index contributed by atoms with van der Waals surface area (Å²) in [6.07, 6.45) is 1.58. The van der Waals surface area contributed by atoms with Gasteiger partial charge in [0.15, 0.2) is 0 Å². The molecular weight excluding hydrogens is 232 g/mol. The number of hydrogen-bond donors (Lipinski definition) is 2. The molecule has 1 atom stereocenters. The maximum atomic E-state index is 9.86. The van der Waals surface area contributed by atoms with E-state index in [0.29, 0.717) is 22.8 Å². The first kappa shape index (κ1) is 12.6. The number of hydrogen-bond acceptors (Lipinski definition) is 4. The zero-order valence-corrected chi connectivity index (χ0v) is 10.2. The van der Waals surface area contributed by atoms with E-state index in [0.717, 1.165) is 11.5 Å². The first-order valence-corrected chi connectivity index (χ1v) is 6.35. The molecule has 3 nitrogen and oxygen atoms in total. The summed E-state index contributed by atoms with van der Waals surface area (Å²) >= 11 is 7.57. The zero-order chi connectivity index (χ0) is 11.3. The summed E-state index contributed by atoms with van der Waals surface area (Å²) in [5, 5.41) is 10.4. The minimum absolute atomic E-state index is 0.355. The highest BCUT2D eigenvalue weighted by atomic mass is 35.5. The van der Waals surface area contributed by atoms with Crippen molar-refractivity contribution in [3.05, 3.63) is 22.8 Å². The first-order chi connectivity index (χ1) is 7.15. The lowest BCUT2D eigenvalue weighted by atomic mass is 10.1. The number of aliphatic hydroxyl groups is 1. The van der Waals surface area contributed by atoms with Gasteiger partial charge in [-0.05, 0) is 24.0 Å². The second kappa shape index (κ2) is 6.20. The number of anilines is 1. The fourth-order valence-corrected chi connectivity index (χ4v) is 2.07. The average Bonchev–Trinajstić information content (AvgIpc) is 2.22. The van der Waals surface area contributed by atoms with Gasteiger partial charge in [0.1, 0.15) is 5.82 Å². The quantitative estimate of drug-likeness (QED) is 0.784. The van der Waals surface area contributed by atoms with Crippen LogP contribution in [0.1, 0.15) is 25.0 Å². The lowest BCUT2D eigenvalue weighted by molar-refractivity contribution is 0.175. The lowest BCUT2D eigenvalue weighted by Crippen LogP contribution is -2.05. The van der Waals surface area contributed by atoms with Gasteiger partial charge in [-0.3, -0.25) is 0 Å². The van der Waals surface area contributed by atoms with Crippen LogP contribution in [0.15, 0.2) is 12.3 Å². The van der Waals surface area contributed by atoms with E-state index >= 15 is 0 Å². The number of aromatic nitrogens is 1. The molecule has 1 aromatic heterocycles. The number of thioether (sulfide) groups is 1. The fourth-order valence-electron chi connectivity index (χ4n) is 1.23. The summed E-state index contributed by atoms with van der Waals surface area (Å²) in [7, 11) is 0. The van der Waals surface area contributed by atoms with Crippen LogP contribution in [0.4, 0.5) is 5.82 Å². The molecule has 0 saturated heterocycles. The summed E-state index contributed by atoms with van der Waals surface area (Å²) in [6.45, 7) is 2.09. The van der Waals surface area contributed by atoms with Crippen LogP contribution in [0.25, 0.3) is 0 Å². The second-order valence-electron chi connectivity index (χ2n) is 3.13. The van der Waals surface area contributed by atoms with Gasteiger partial charge >= 0.3 is 0 Å². The molecule has 0 fully saturated rings. The molecule has 1 unspecified atom stereocenters. The van der Waals surface area contributed by atoms with Gasteiger partial charge in [0, 0.05) is 11.8 Å². The van der Waals surface area contributed by atoms with Crippen molar-refractivity contribution in [1.82, 2.24) is 4.98 Å². The number of aliphatic hydroxyl groups excluding tert-OH is 1. The Morgan fingerprint density at radius 2 is 2.40 bits per heavy atom. The molecule has 84 valence electrons. The molecule has 5 heteroatoms. The van der Waals surface area contributed by atoms with Crippen molar-refractivity contribution in [1.29, 1.82) is 0 Å². The van der Waals surface area contributed by atoms with Crippen molar-refractivity contribution >= 4 is 29.2 Å². The van der Waals surface area contributed by atoms with Crippen LogP contribution in [0.5, 0.6) is 0 Å². The van der Waals surface area contributed by atoms with Crippen molar-refractivity contribution in [3.63, 3.8) is 0 Å². The molecule has 1 aromatic rings. The van der Waals surface area contributed by atoms with Crippen LogP contribution >= 0.6 is 23.4 Å². The molecular formula is C10H15ClN2OS. The number of rotatable bonds is 5. The van der Waals surface area contributed by atoms with Gasteiger partial charge in [-0.2, -0.15) is 11.8 Å². The average molecular weight is 247 g/mol. The molecule has 0 amide bonds. The number of nitrogens with zero attached hydrogens (tertiary/aromatic N) is 1. The van der Waals surface area contributed by atoms with Gasteiger partial charge in [-0.25, -0.2) is 4.98 Å². The molecule has 0 saturated carbocycles. The maximum absolute atomic E-state index is 9.86. The van der Waals surface area contributed by atoms with E-state index < -0.39 is 6.10 Å². The summed E-state index contributed by atoms with van der Waals surface area (Å²) < 4.78 is 0. The van der Waals surface area contributed by atoms with Crippen LogP contribution in [0.3, 0.4) is 0 Å². The van der Waals surface area contributed by atoms with E-state index in [9.17, 15) is 5.11 Å². The van der Waals surface area contributed by atoms with Crippen LogP contribution in [-0.2, 0) is 0 Å². The molecule has 0 radical (unpaired) electrons. The van der Waals surface area contributed by atoms with Crippen molar-refractivity contribution in [2.75, 3.05) is 17.2 Å². The molecule has 0 spiro atoms. The predicted octanol–water partition coefficient (Wildman–Crippen LogP) is 2.49. The first-order valence-electron chi connectivity index (χ1n) is 4.82. The normalized spacial score (nSPS) is 12.7. The third-order valence-corrected chi connectivity index (χ3v) is 3.15. The minimum Gasteiger partial charge on any atom is -0.388 e. The van der Waals surface area contributed by atoms with Crippen LogP contribution in [0.2, 0.25) is 5.02 Å². The van der Waals surface area contributed by atoms with E-state index in [4.69, 9.17) is 17.3 Å². The standard InChI is InChI=1S/C10H15ClN2OS/c1-2-15-4-3-9(14)8-5-7(11)6-13-10(8)12/h5-6,9,14H,2-4H2,1H3,(H2,12,13). The van der Waals surface area contributed by atoms with E-state index in [1.807, 2.05) is 0 Å². The Balaban J connectivity index is 2.64. The molecule has 1 heterocycles. The highest BCUT2D eigenvalue weighted by molar-refractivity contribution is 7.99. The van der Waals surface area contributed by atoms with Gasteiger partial charge < -0.3 is 10.8 Å². The van der Waals surface area contributed by atoms with Gasteiger partial charge in [0.05, 0.1) is 11.1 Å². The smallest absolute Gasteiger partial charge is 0.129 e. The number of nitrogen functional groups attached to an aromatic ring is 1. The van der Waals surface area contributed by atoms with Crippen molar-refractivity contribution in [3.8, 4) is 0 Å². The van der Waals surface area contributed by atoms with Gasteiger partial charge in [0.25, 0.3) is 0 Å². The summed E-state index contributed by atoms with van der Waals surface area (Å²) in [4.78, 5) is 3.91. The molecule has 0 aliphatic heterocycles. The maximum Gasteiger partial charge on any atom is 0.129 e. The Labute approximate surface area is 99.0 Å². The Bertz CT molecular complexity index is 322. The zero-order valence-electron chi connectivity index (χ0n) is 8.61. The minimum atomic E-state index is -0.574. The van der Waals surface area contributed by atoms with E-state index in [2.05, 4.69) is 11.9 Å². The van der Waals surface area contributed by atoms with E-state index in [-0.39, 0.29) is 0 Å². The molecule has 15 heavy (non-hydrogen) atoms. The van der Waals surface area contributed by atoms with Crippen molar-refractivity contribution in [2.24, 2.45) is 0 Å². The highest BCUT2D eigenvalue weighted by Gasteiger charge is 2.12. The molecule has 0 bridgehead atoms. The van der Waals surface area contributed by atoms with Gasteiger partial charge in [-0.15, -0.1) is 0 Å². The Morgan fingerprint density at radius 3 is 3.07 bits per heavy atom. The summed E-state index contributed by atoms with van der Waals surface area (Å²) in [5.41, 5.74) is 6.28. The molecule has 0 aliphatic carbocycles. The van der Waals surface area contributed by atoms with E-state index in [1.54, 1.807) is 17.8 Å².